The Morgan fingerprint density at radius 3 is 2.57 bits per heavy atom. The lowest BCUT2D eigenvalue weighted by Crippen LogP contribution is -2.17. The molecule has 1 aromatic heterocycles. The van der Waals surface area contributed by atoms with Gasteiger partial charge in [-0.25, -0.2) is 9.97 Å². The summed E-state index contributed by atoms with van der Waals surface area (Å²) in [4.78, 5) is 19.6. The minimum atomic E-state index is -0.337. The van der Waals surface area contributed by atoms with Gasteiger partial charge in [-0.15, -0.1) is 0 Å². The molecule has 0 spiro atoms. The van der Waals surface area contributed by atoms with Crippen molar-refractivity contribution in [2.75, 3.05) is 6.61 Å². The zero-order chi connectivity index (χ0) is 10.4. The average Bonchev–Trinajstić information content (AvgIpc) is 2.21. The van der Waals surface area contributed by atoms with E-state index in [4.69, 9.17) is 4.74 Å². The maximum absolute atomic E-state index is 11.5. The van der Waals surface area contributed by atoms with Gasteiger partial charge in [0, 0.05) is 12.4 Å². The van der Waals surface area contributed by atoms with Gasteiger partial charge < -0.3 is 4.74 Å². The highest BCUT2D eigenvalue weighted by atomic mass is 16.5. The fraction of sp³-hybridized carbons (Fsp3) is 0.500. The smallest absolute Gasteiger partial charge is 0.316 e. The standard InChI is InChI=1S/C10H14N2O2/c1-3-8(10(13)14-4-2)9-11-6-5-7-12-9/h5-8H,3-4H2,1-2H3. The molecule has 0 amide bonds. The number of carbonyl (C=O) groups excluding carboxylic acids is 1. The molecule has 1 rings (SSSR count). The highest BCUT2D eigenvalue weighted by Gasteiger charge is 2.21. The van der Waals surface area contributed by atoms with Crippen LogP contribution in [0.15, 0.2) is 18.5 Å². The first-order valence-corrected chi connectivity index (χ1v) is 4.73. The molecule has 76 valence electrons. The van der Waals surface area contributed by atoms with Crippen LogP contribution < -0.4 is 0 Å². The summed E-state index contributed by atoms with van der Waals surface area (Å²) in [5.41, 5.74) is 0. The van der Waals surface area contributed by atoms with Crippen molar-refractivity contribution < 1.29 is 9.53 Å². The molecule has 0 saturated carbocycles. The Morgan fingerprint density at radius 1 is 1.43 bits per heavy atom. The Morgan fingerprint density at radius 2 is 2.07 bits per heavy atom. The molecule has 4 nitrogen and oxygen atoms in total. The minimum absolute atomic E-state index is 0.249. The predicted octanol–water partition coefficient (Wildman–Crippen LogP) is 1.53. The Balaban J connectivity index is 2.77. The van der Waals surface area contributed by atoms with E-state index in [1.54, 1.807) is 25.4 Å². The van der Waals surface area contributed by atoms with Crippen molar-refractivity contribution in [3.05, 3.63) is 24.3 Å². The van der Waals surface area contributed by atoms with Gasteiger partial charge >= 0.3 is 5.97 Å². The summed E-state index contributed by atoms with van der Waals surface area (Å²) in [7, 11) is 0. The molecule has 0 radical (unpaired) electrons. The summed E-state index contributed by atoms with van der Waals surface area (Å²) in [6, 6.07) is 1.72. The second-order valence-electron chi connectivity index (χ2n) is 2.82. The summed E-state index contributed by atoms with van der Waals surface area (Å²) < 4.78 is 4.93. The van der Waals surface area contributed by atoms with Gasteiger partial charge in [-0.2, -0.15) is 0 Å². The summed E-state index contributed by atoms with van der Waals surface area (Å²) in [6.07, 6.45) is 3.91. The molecule has 1 atom stereocenters. The first kappa shape index (κ1) is 10.6. The number of ether oxygens (including phenoxy) is 1. The van der Waals surface area contributed by atoms with Gasteiger partial charge in [0.2, 0.25) is 0 Å². The first-order chi connectivity index (χ1) is 6.79. The van der Waals surface area contributed by atoms with Crippen molar-refractivity contribution in [2.45, 2.75) is 26.2 Å². The zero-order valence-corrected chi connectivity index (χ0v) is 8.43. The average molecular weight is 194 g/mol. The molecular formula is C10H14N2O2. The highest BCUT2D eigenvalue weighted by molar-refractivity contribution is 5.76. The van der Waals surface area contributed by atoms with Crippen LogP contribution in [0.1, 0.15) is 32.0 Å². The van der Waals surface area contributed by atoms with Crippen LogP contribution in [0.3, 0.4) is 0 Å². The summed E-state index contributed by atoms with van der Waals surface area (Å²) >= 11 is 0. The van der Waals surface area contributed by atoms with Crippen LogP contribution in [0, 0.1) is 0 Å². The van der Waals surface area contributed by atoms with E-state index in [1.165, 1.54) is 0 Å². The Labute approximate surface area is 83.3 Å². The Hall–Kier alpha value is -1.45. The van der Waals surface area contributed by atoms with Crippen molar-refractivity contribution in [2.24, 2.45) is 0 Å². The number of hydrogen-bond acceptors (Lipinski definition) is 4. The van der Waals surface area contributed by atoms with E-state index in [-0.39, 0.29) is 11.9 Å². The van der Waals surface area contributed by atoms with Crippen molar-refractivity contribution in [1.29, 1.82) is 0 Å². The van der Waals surface area contributed by atoms with Gasteiger partial charge in [-0.05, 0) is 19.4 Å². The van der Waals surface area contributed by atoms with Gasteiger partial charge in [-0.3, -0.25) is 4.79 Å². The molecule has 0 bridgehead atoms. The SMILES string of the molecule is CCOC(=O)C(CC)c1ncccn1. The molecule has 0 N–H and O–H groups in total. The molecule has 0 aromatic carbocycles. The second kappa shape index (κ2) is 5.32. The molecule has 0 aliphatic rings. The number of nitrogens with zero attached hydrogens (tertiary/aromatic N) is 2. The Bertz CT molecular complexity index is 287. The van der Waals surface area contributed by atoms with Crippen LogP contribution in [0.5, 0.6) is 0 Å². The lowest BCUT2D eigenvalue weighted by molar-refractivity contribution is -0.145. The molecule has 1 heterocycles. The van der Waals surface area contributed by atoms with Crippen LogP contribution in [0.4, 0.5) is 0 Å². The van der Waals surface area contributed by atoms with Crippen LogP contribution in [0.25, 0.3) is 0 Å². The minimum Gasteiger partial charge on any atom is -0.465 e. The molecule has 0 aliphatic carbocycles. The van der Waals surface area contributed by atoms with E-state index in [0.717, 1.165) is 0 Å². The summed E-state index contributed by atoms with van der Waals surface area (Å²) in [5, 5.41) is 0. The fourth-order valence-electron chi connectivity index (χ4n) is 1.19. The van der Waals surface area contributed by atoms with E-state index in [9.17, 15) is 4.79 Å². The second-order valence-corrected chi connectivity index (χ2v) is 2.82. The van der Waals surface area contributed by atoms with E-state index >= 15 is 0 Å². The van der Waals surface area contributed by atoms with Crippen LogP contribution >= 0.6 is 0 Å². The predicted molar refractivity (Wildman–Crippen MR) is 51.7 cm³/mol. The molecule has 0 aliphatic heterocycles. The lowest BCUT2D eigenvalue weighted by atomic mass is 10.1. The molecule has 1 aromatic rings. The first-order valence-electron chi connectivity index (χ1n) is 4.73. The third kappa shape index (κ3) is 2.52. The van der Waals surface area contributed by atoms with Gasteiger partial charge in [0.05, 0.1) is 6.61 Å². The molecule has 0 fully saturated rings. The van der Waals surface area contributed by atoms with E-state index in [0.29, 0.717) is 18.9 Å². The number of esters is 1. The molecule has 14 heavy (non-hydrogen) atoms. The summed E-state index contributed by atoms with van der Waals surface area (Å²) in [6.45, 7) is 4.09. The maximum Gasteiger partial charge on any atom is 0.316 e. The van der Waals surface area contributed by atoms with Crippen molar-refractivity contribution in [1.82, 2.24) is 9.97 Å². The molecule has 1 unspecified atom stereocenters. The van der Waals surface area contributed by atoms with Crippen molar-refractivity contribution in [3.8, 4) is 0 Å². The van der Waals surface area contributed by atoms with E-state index < -0.39 is 0 Å². The number of carbonyl (C=O) groups is 1. The zero-order valence-electron chi connectivity index (χ0n) is 8.43. The van der Waals surface area contributed by atoms with Crippen LogP contribution in [0.2, 0.25) is 0 Å². The summed E-state index contributed by atoms with van der Waals surface area (Å²) in [5.74, 6) is -0.0502. The van der Waals surface area contributed by atoms with E-state index in [2.05, 4.69) is 9.97 Å². The van der Waals surface area contributed by atoms with Crippen LogP contribution in [-0.4, -0.2) is 22.5 Å². The van der Waals surface area contributed by atoms with Gasteiger partial charge in [0.1, 0.15) is 11.7 Å². The van der Waals surface area contributed by atoms with E-state index in [1.807, 2.05) is 6.92 Å². The van der Waals surface area contributed by atoms with Crippen molar-refractivity contribution in [3.63, 3.8) is 0 Å². The van der Waals surface area contributed by atoms with Crippen LogP contribution in [-0.2, 0) is 9.53 Å². The maximum atomic E-state index is 11.5. The number of aromatic nitrogens is 2. The molecule has 4 heteroatoms. The fourth-order valence-corrected chi connectivity index (χ4v) is 1.19. The molecular weight excluding hydrogens is 180 g/mol. The normalized spacial score (nSPS) is 12.1. The lowest BCUT2D eigenvalue weighted by Gasteiger charge is -2.11. The number of hydrogen-bond donors (Lipinski definition) is 0. The quantitative estimate of drug-likeness (QED) is 0.682. The topological polar surface area (TPSA) is 52.1 Å². The largest absolute Gasteiger partial charge is 0.465 e. The van der Waals surface area contributed by atoms with Gasteiger partial charge in [-0.1, -0.05) is 6.92 Å². The van der Waals surface area contributed by atoms with Crippen molar-refractivity contribution >= 4 is 5.97 Å². The third-order valence-corrected chi connectivity index (χ3v) is 1.88. The number of rotatable bonds is 4. The third-order valence-electron chi connectivity index (χ3n) is 1.88. The van der Waals surface area contributed by atoms with Gasteiger partial charge in [0.25, 0.3) is 0 Å². The Kier molecular flexibility index (Phi) is 4.04. The highest BCUT2D eigenvalue weighted by Crippen LogP contribution is 2.16. The molecule has 0 saturated heterocycles. The van der Waals surface area contributed by atoms with Gasteiger partial charge in [0.15, 0.2) is 0 Å². The monoisotopic (exact) mass is 194 g/mol.